The van der Waals surface area contributed by atoms with Gasteiger partial charge in [0.05, 0.1) is 6.10 Å². The van der Waals surface area contributed by atoms with Gasteiger partial charge in [0.1, 0.15) is 0 Å². The minimum absolute atomic E-state index is 0.203. The number of nitrogens with zero attached hydrogens (tertiary/aromatic N) is 1. The summed E-state index contributed by atoms with van der Waals surface area (Å²) < 4.78 is 0. The molecule has 3 aliphatic carbocycles. The maximum absolute atomic E-state index is 12.5. The van der Waals surface area contributed by atoms with E-state index in [1.807, 2.05) is 0 Å². The maximum atomic E-state index is 12.5. The third-order valence-corrected chi connectivity index (χ3v) is 7.23. The van der Waals surface area contributed by atoms with Crippen molar-refractivity contribution in [1.29, 1.82) is 0 Å². The second-order valence-corrected chi connectivity index (χ2v) is 8.67. The standard InChI is InChI=1S/C21H28N2O2/c24-17(12-23-8-7-13-3-1-2-4-16(13)11-23)10-22-21(25)20-18-14-5-6-15(9-14)19(18)20/h1-4,14-15,17-20,24H,5-12H2,(H,22,25). The SMILES string of the molecule is O=C(NCC(O)CN1CCc2ccccc2C1)C1C2C3CCC(C3)C12. The van der Waals surface area contributed by atoms with E-state index in [1.165, 1.54) is 30.4 Å². The van der Waals surface area contributed by atoms with Crippen LogP contribution in [0.1, 0.15) is 30.4 Å². The Hall–Kier alpha value is -1.39. The number of benzene rings is 1. The second kappa shape index (κ2) is 6.10. The minimum atomic E-state index is -0.482. The van der Waals surface area contributed by atoms with Gasteiger partial charge in [-0.2, -0.15) is 0 Å². The largest absolute Gasteiger partial charge is 0.390 e. The van der Waals surface area contributed by atoms with Crippen molar-refractivity contribution in [3.8, 4) is 0 Å². The monoisotopic (exact) mass is 340 g/mol. The number of nitrogens with one attached hydrogen (secondary N) is 1. The lowest BCUT2D eigenvalue weighted by atomic mass is 10.00. The lowest BCUT2D eigenvalue weighted by Crippen LogP contribution is -2.42. The number of hydrogen-bond donors (Lipinski definition) is 2. The van der Waals surface area contributed by atoms with Crippen LogP contribution in [0.2, 0.25) is 0 Å². The van der Waals surface area contributed by atoms with Crippen LogP contribution in [0.15, 0.2) is 24.3 Å². The first-order valence-corrected chi connectivity index (χ1v) is 9.95. The Balaban J connectivity index is 1.09. The van der Waals surface area contributed by atoms with Crippen molar-refractivity contribution in [1.82, 2.24) is 10.2 Å². The van der Waals surface area contributed by atoms with Crippen molar-refractivity contribution in [3.05, 3.63) is 35.4 Å². The van der Waals surface area contributed by atoms with Crippen LogP contribution < -0.4 is 5.32 Å². The molecular weight excluding hydrogens is 312 g/mol. The molecule has 5 rings (SSSR count). The number of aliphatic hydroxyl groups excluding tert-OH is 1. The third-order valence-electron chi connectivity index (χ3n) is 7.23. The Morgan fingerprint density at radius 3 is 2.68 bits per heavy atom. The highest BCUT2D eigenvalue weighted by Crippen LogP contribution is 2.69. The molecule has 5 unspecified atom stereocenters. The molecule has 4 nitrogen and oxygen atoms in total. The number of carbonyl (C=O) groups excluding carboxylic acids is 1. The Morgan fingerprint density at radius 1 is 1.20 bits per heavy atom. The van der Waals surface area contributed by atoms with Gasteiger partial charge in [0.25, 0.3) is 0 Å². The molecule has 1 aromatic rings. The van der Waals surface area contributed by atoms with Crippen molar-refractivity contribution in [2.75, 3.05) is 19.6 Å². The molecule has 0 aromatic heterocycles. The molecular formula is C21H28N2O2. The number of β-amino-alcohol motifs (C(OH)–C–C–N with tert-alkyl or cyclic N) is 1. The summed E-state index contributed by atoms with van der Waals surface area (Å²) in [6.07, 6.45) is 4.62. The molecule has 25 heavy (non-hydrogen) atoms. The van der Waals surface area contributed by atoms with E-state index in [1.54, 1.807) is 0 Å². The van der Waals surface area contributed by atoms with Gasteiger partial charge in [-0.1, -0.05) is 24.3 Å². The van der Waals surface area contributed by atoms with Crippen LogP contribution in [0.4, 0.5) is 0 Å². The van der Waals surface area contributed by atoms with E-state index < -0.39 is 6.10 Å². The molecule has 134 valence electrons. The predicted molar refractivity (Wildman–Crippen MR) is 95.7 cm³/mol. The maximum Gasteiger partial charge on any atom is 0.223 e. The molecule has 3 fully saturated rings. The summed E-state index contributed by atoms with van der Waals surface area (Å²) in [6, 6.07) is 8.55. The van der Waals surface area contributed by atoms with E-state index in [9.17, 15) is 9.90 Å². The zero-order valence-electron chi connectivity index (χ0n) is 14.7. The first kappa shape index (κ1) is 15.8. The number of fused-ring (bicyclic) bond motifs is 6. The van der Waals surface area contributed by atoms with Gasteiger partial charge in [-0.05, 0) is 60.5 Å². The number of amides is 1. The van der Waals surface area contributed by atoms with E-state index in [0.717, 1.165) is 31.3 Å². The van der Waals surface area contributed by atoms with Gasteiger partial charge in [0.15, 0.2) is 0 Å². The van der Waals surface area contributed by atoms with Crippen LogP contribution in [0, 0.1) is 29.6 Å². The molecule has 4 heteroatoms. The van der Waals surface area contributed by atoms with E-state index in [2.05, 4.69) is 34.5 Å². The second-order valence-electron chi connectivity index (χ2n) is 8.67. The summed E-state index contributed by atoms with van der Waals surface area (Å²) in [5.74, 6) is 3.46. The topological polar surface area (TPSA) is 52.6 Å². The average Bonchev–Trinajstić information content (AvgIpc) is 3.07. The molecule has 5 atom stereocenters. The van der Waals surface area contributed by atoms with Crippen molar-refractivity contribution in [2.24, 2.45) is 29.6 Å². The molecule has 0 saturated heterocycles. The number of hydrogen-bond acceptors (Lipinski definition) is 3. The molecule has 1 heterocycles. The molecule has 3 saturated carbocycles. The summed E-state index contributed by atoms with van der Waals surface area (Å²) in [7, 11) is 0. The van der Waals surface area contributed by atoms with Crippen molar-refractivity contribution < 1.29 is 9.90 Å². The van der Waals surface area contributed by atoms with Crippen LogP contribution in [-0.4, -0.2) is 41.7 Å². The van der Waals surface area contributed by atoms with Gasteiger partial charge in [-0.25, -0.2) is 0 Å². The lowest BCUT2D eigenvalue weighted by molar-refractivity contribution is -0.123. The summed E-state index contributed by atoms with van der Waals surface area (Å²) in [5.41, 5.74) is 2.79. The molecule has 0 spiro atoms. The molecule has 2 bridgehead atoms. The van der Waals surface area contributed by atoms with Crippen LogP contribution in [0.5, 0.6) is 0 Å². The van der Waals surface area contributed by atoms with Gasteiger partial charge < -0.3 is 10.4 Å². The summed E-state index contributed by atoms with van der Waals surface area (Å²) in [4.78, 5) is 14.8. The molecule has 2 N–H and O–H groups in total. The average molecular weight is 340 g/mol. The highest BCUT2D eigenvalue weighted by Gasteiger charge is 2.67. The Kier molecular flexibility index (Phi) is 3.86. The molecule has 1 aliphatic heterocycles. The highest BCUT2D eigenvalue weighted by molar-refractivity contribution is 5.82. The smallest absolute Gasteiger partial charge is 0.223 e. The zero-order valence-corrected chi connectivity index (χ0v) is 14.7. The van der Waals surface area contributed by atoms with E-state index in [-0.39, 0.29) is 11.8 Å². The first-order valence-electron chi connectivity index (χ1n) is 9.95. The van der Waals surface area contributed by atoms with Crippen molar-refractivity contribution >= 4 is 5.91 Å². The van der Waals surface area contributed by atoms with Gasteiger partial charge in [-0.3, -0.25) is 9.69 Å². The fraction of sp³-hybridized carbons (Fsp3) is 0.667. The minimum Gasteiger partial charge on any atom is -0.390 e. The normalized spacial score (nSPS) is 36.6. The summed E-state index contributed by atoms with van der Waals surface area (Å²) in [6.45, 7) is 2.91. The van der Waals surface area contributed by atoms with Crippen LogP contribution in [0.25, 0.3) is 0 Å². The first-order chi connectivity index (χ1) is 12.2. The van der Waals surface area contributed by atoms with E-state index >= 15 is 0 Å². The number of rotatable bonds is 5. The molecule has 1 amide bonds. The van der Waals surface area contributed by atoms with Gasteiger partial charge in [0.2, 0.25) is 5.91 Å². The van der Waals surface area contributed by atoms with E-state index in [0.29, 0.717) is 24.9 Å². The van der Waals surface area contributed by atoms with Crippen LogP contribution in [0.3, 0.4) is 0 Å². The number of aliphatic hydroxyl groups is 1. The summed E-state index contributed by atoms with van der Waals surface area (Å²) in [5, 5.41) is 13.4. The van der Waals surface area contributed by atoms with Gasteiger partial charge in [-0.15, -0.1) is 0 Å². The lowest BCUT2D eigenvalue weighted by Gasteiger charge is -2.30. The van der Waals surface area contributed by atoms with Crippen molar-refractivity contribution in [3.63, 3.8) is 0 Å². The van der Waals surface area contributed by atoms with Crippen LogP contribution in [-0.2, 0) is 17.8 Å². The molecule has 1 aromatic carbocycles. The van der Waals surface area contributed by atoms with E-state index in [4.69, 9.17) is 0 Å². The summed E-state index contributed by atoms with van der Waals surface area (Å²) >= 11 is 0. The predicted octanol–water partition coefficient (Wildman–Crippen LogP) is 1.81. The fourth-order valence-electron chi connectivity index (χ4n) is 6.08. The number of carbonyl (C=O) groups is 1. The molecule has 4 aliphatic rings. The van der Waals surface area contributed by atoms with Gasteiger partial charge in [0, 0.05) is 32.1 Å². The molecule has 0 radical (unpaired) electrons. The Labute approximate surface area is 149 Å². The van der Waals surface area contributed by atoms with Crippen LogP contribution >= 0.6 is 0 Å². The third kappa shape index (κ3) is 2.80. The Bertz CT molecular complexity index is 660. The fourth-order valence-corrected chi connectivity index (χ4v) is 6.08. The Morgan fingerprint density at radius 2 is 1.92 bits per heavy atom. The van der Waals surface area contributed by atoms with Crippen molar-refractivity contribution in [2.45, 2.75) is 38.3 Å². The highest BCUT2D eigenvalue weighted by atomic mass is 16.3. The zero-order chi connectivity index (χ0) is 17.0. The quantitative estimate of drug-likeness (QED) is 0.860. The van der Waals surface area contributed by atoms with Gasteiger partial charge >= 0.3 is 0 Å².